The monoisotopic (exact) mass is 360 g/mol. The number of nitrogens with two attached hydrogens (primary N) is 1. The van der Waals surface area contributed by atoms with Gasteiger partial charge in [-0.2, -0.15) is 0 Å². The zero-order valence-corrected chi connectivity index (χ0v) is 13.0. The molecule has 0 radical (unpaired) electrons. The van der Waals surface area contributed by atoms with E-state index in [9.17, 15) is 0 Å². The summed E-state index contributed by atoms with van der Waals surface area (Å²) in [5, 5.41) is 0. The number of anilines is 1. The van der Waals surface area contributed by atoms with E-state index in [2.05, 4.69) is 44.4 Å². The first-order valence-corrected chi connectivity index (χ1v) is 7.78. The summed E-state index contributed by atoms with van der Waals surface area (Å²) in [6, 6.07) is 0.539. The lowest BCUT2D eigenvalue weighted by molar-refractivity contribution is 0.299. The standard InChI is InChI=1S/C13H21IN4/c1-2-18(13-11(14)8-16-9-17-13)12-6-4-3-5-10(12)7-15/h8-10,12H,2-7,15H2,1H3. The zero-order chi connectivity index (χ0) is 13.0. The lowest BCUT2D eigenvalue weighted by atomic mass is 9.83. The Morgan fingerprint density at radius 1 is 1.44 bits per heavy atom. The van der Waals surface area contributed by atoms with Gasteiger partial charge in [0, 0.05) is 18.8 Å². The second kappa shape index (κ2) is 6.65. The molecule has 1 heterocycles. The maximum Gasteiger partial charge on any atom is 0.145 e. The van der Waals surface area contributed by atoms with E-state index in [0.717, 1.165) is 22.5 Å². The highest BCUT2D eigenvalue weighted by Gasteiger charge is 2.30. The van der Waals surface area contributed by atoms with E-state index in [1.165, 1.54) is 25.7 Å². The van der Waals surface area contributed by atoms with Crippen molar-refractivity contribution in [1.29, 1.82) is 0 Å². The molecule has 1 aromatic rings. The third-order valence-electron chi connectivity index (χ3n) is 3.83. The fraction of sp³-hybridized carbons (Fsp3) is 0.692. The number of hydrogen-bond acceptors (Lipinski definition) is 4. The smallest absolute Gasteiger partial charge is 0.145 e. The lowest BCUT2D eigenvalue weighted by Gasteiger charge is -2.40. The van der Waals surface area contributed by atoms with Crippen molar-refractivity contribution < 1.29 is 0 Å². The van der Waals surface area contributed by atoms with E-state index < -0.39 is 0 Å². The lowest BCUT2D eigenvalue weighted by Crippen LogP contribution is -2.46. The van der Waals surface area contributed by atoms with Gasteiger partial charge in [-0.25, -0.2) is 9.97 Å². The number of aromatic nitrogens is 2. The predicted octanol–water partition coefficient (Wildman–Crippen LogP) is 2.43. The molecule has 0 aromatic carbocycles. The summed E-state index contributed by atoms with van der Waals surface area (Å²) < 4.78 is 1.12. The fourth-order valence-corrected chi connectivity index (χ4v) is 3.54. The van der Waals surface area contributed by atoms with E-state index in [0.29, 0.717) is 12.0 Å². The molecule has 4 nitrogen and oxygen atoms in total. The molecule has 1 fully saturated rings. The molecule has 18 heavy (non-hydrogen) atoms. The van der Waals surface area contributed by atoms with Crippen LogP contribution in [-0.4, -0.2) is 29.1 Å². The van der Waals surface area contributed by atoms with Crippen LogP contribution in [0.3, 0.4) is 0 Å². The minimum Gasteiger partial charge on any atom is -0.353 e. The summed E-state index contributed by atoms with van der Waals surface area (Å²) >= 11 is 2.32. The van der Waals surface area contributed by atoms with Crippen molar-refractivity contribution in [3.8, 4) is 0 Å². The summed E-state index contributed by atoms with van der Waals surface area (Å²) in [5.74, 6) is 1.67. The Balaban J connectivity index is 2.24. The molecule has 1 aliphatic rings. The van der Waals surface area contributed by atoms with Crippen LogP contribution in [0.25, 0.3) is 0 Å². The zero-order valence-electron chi connectivity index (χ0n) is 10.8. The summed E-state index contributed by atoms with van der Waals surface area (Å²) in [6.07, 6.45) is 8.62. The van der Waals surface area contributed by atoms with Crippen LogP contribution in [-0.2, 0) is 0 Å². The third-order valence-corrected chi connectivity index (χ3v) is 4.59. The first-order chi connectivity index (χ1) is 8.77. The molecule has 0 bridgehead atoms. The molecule has 5 heteroatoms. The van der Waals surface area contributed by atoms with Crippen LogP contribution in [0.1, 0.15) is 32.6 Å². The Bertz CT molecular complexity index is 385. The number of hydrogen-bond donors (Lipinski definition) is 1. The molecule has 0 aliphatic heterocycles. The molecule has 1 aromatic heterocycles. The molecular weight excluding hydrogens is 339 g/mol. The van der Waals surface area contributed by atoms with Gasteiger partial charge in [0.1, 0.15) is 12.1 Å². The molecule has 0 amide bonds. The van der Waals surface area contributed by atoms with Gasteiger partial charge in [-0.3, -0.25) is 0 Å². The number of nitrogens with zero attached hydrogens (tertiary/aromatic N) is 3. The largest absolute Gasteiger partial charge is 0.353 e. The summed E-state index contributed by atoms with van der Waals surface area (Å²) in [4.78, 5) is 11.0. The highest BCUT2D eigenvalue weighted by molar-refractivity contribution is 14.1. The van der Waals surface area contributed by atoms with Crippen LogP contribution < -0.4 is 10.6 Å². The van der Waals surface area contributed by atoms with E-state index in [1.807, 2.05) is 6.20 Å². The number of halogens is 1. The molecule has 1 saturated carbocycles. The molecule has 2 rings (SSSR count). The minimum absolute atomic E-state index is 0.539. The van der Waals surface area contributed by atoms with E-state index in [4.69, 9.17) is 5.73 Å². The normalized spacial score (nSPS) is 23.9. The van der Waals surface area contributed by atoms with Crippen LogP contribution in [0.15, 0.2) is 12.5 Å². The van der Waals surface area contributed by atoms with Crippen molar-refractivity contribution in [1.82, 2.24) is 9.97 Å². The van der Waals surface area contributed by atoms with Crippen molar-refractivity contribution in [2.45, 2.75) is 38.6 Å². The van der Waals surface area contributed by atoms with Crippen LogP contribution >= 0.6 is 22.6 Å². The Kier molecular flexibility index (Phi) is 5.17. The molecule has 0 saturated heterocycles. The van der Waals surface area contributed by atoms with Gasteiger partial charge in [0.2, 0.25) is 0 Å². The van der Waals surface area contributed by atoms with Crippen molar-refractivity contribution in [2.24, 2.45) is 11.7 Å². The number of rotatable bonds is 4. The molecule has 100 valence electrons. The molecular formula is C13H21IN4. The van der Waals surface area contributed by atoms with Gasteiger partial charge in [0.05, 0.1) is 3.57 Å². The van der Waals surface area contributed by atoms with Crippen molar-refractivity contribution >= 4 is 28.4 Å². The van der Waals surface area contributed by atoms with Gasteiger partial charge in [-0.1, -0.05) is 12.8 Å². The first kappa shape index (κ1) is 14.0. The fourth-order valence-electron chi connectivity index (χ4n) is 2.93. The molecule has 2 N–H and O–H groups in total. The van der Waals surface area contributed by atoms with E-state index >= 15 is 0 Å². The van der Waals surface area contributed by atoms with Crippen molar-refractivity contribution in [3.05, 3.63) is 16.1 Å². The van der Waals surface area contributed by atoms with Gasteiger partial charge in [0.15, 0.2) is 0 Å². The predicted molar refractivity (Wildman–Crippen MR) is 82.6 cm³/mol. The maximum atomic E-state index is 5.94. The molecule has 0 spiro atoms. The van der Waals surface area contributed by atoms with E-state index in [-0.39, 0.29) is 0 Å². The average Bonchev–Trinajstić information content (AvgIpc) is 2.42. The van der Waals surface area contributed by atoms with Crippen LogP contribution in [0.2, 0.25) is 0 Å². The highest BCUT2D eigenvalue weighted by Crippen LogP contribution is 2.31. The Morgan fingerprint density at radius 3 is 2.89 bits per heavy atom. The summed E-state index contributed by atoms with van der Waals surface area (Å²) in [6.45, 7) is 3.96. The minimum atomic E-state index is 0.539. The van der Waals surface area contributed by atoms with Crippen LogP contribution in [0, 0.1) is 9.49 Å². The van der Waals surface area contributed by atoms with Crippen LogP contribution in [0.4, 0.5) is 5.82 Å². The second-order valence-corrected chi connectivity index (χ2v) is 5.99. The van der Waals surface area contributed by atoms with E-state index in [1.54, 1.807) is 6.33 Å². The van der Waals surface area contributed by atoms with Gasteiger partial charge in [-0.05, 0) is 54.8 Å². The Morgan fingerprint density at radius 2 is 2.22 bits per heavy atom. The topological polar surface area (TPSA) is 55.0 Å². The van der Waals surface area contributed by atoms with Crippen LogP contribution in [0.5, 0.6) is 0 Å². The summed E-state index contributed by atoms with van der Waals surface area (Å²) in [7, 11) is 0. The SMILES string of the molecule is CCN(c1ncncc1I)C1CCCCC1CN. The average molecular weight is 360 g/mol. The molecule has 2 unspecified atom stereocenters. The van der Waals surface area contributed by atoms with Gasteiger partial charge >= 0.3 is 0 Å². The van der Waals surface area contributed by atoms with Gasteiger partial charge in [-0.15, -0.1) is 0 Å². The van der Waals surface area contributed by atoms with Crippen molar-refractivity contribution in [2.75, 3.05) is 18.0 Å². The Hall–Kier alpha value is -0.430. The molecule has 1 aliphatic carbocycles. The third kappa shape index (κ3) is 2.93. The van der Waals surface area contributed by atoms with Gasteiger partial charge < -0.3 is 10.6 Å². The van der Waals surface area contributed by atoms with Gasteiger partial charge in [0.25, 0.3) is 0 Å². The quantitative estimate of drug-likeness (QED) is 0.838. The van der Waals surface area contributed by atoms with Crippen molar-refractivity contribution in [3.63, 3.8) is 0 Å². The highest BCUT2D eigenvalue weighted by atomic mass is 127. The first-order valence-electron chi connectivity index (χ1n) is 6.70. The second-order valence-electron chi connectivity index (χ2n) is 4.83. The Labute approximate surface area is 123 Å². The maximum absolute atomic E-state index is 5.94. The summed E-state index contributed by atoms with van der Waals surface area (Å²) in [5.41, 5.74) is 5.94. The molecule has 2 atom stereocenters.